The Balaban J connectivity index is 1.99. The fourth-order valence-corrected chi connectivity index (χ4v) is 2.04. The third-order valence-electron chi connectivity index (χ3n) is 3.78. The van der Waals surface area contributed by atoms with Gasteiger partial charge in [-0.25, -0.2) is 0 Å². The van der Waals surface area contributed by atoms with Gasteiger partial charge in [0.1, 0.15) is 5.78 Å². The van der Waals surface area contributed by atoms with Crippen LogP contribution in [0.1, 0.15) is 61.4 Å². The monoisotopic (exact) mass is 244 g/mol. The van der Waals surface area contributed by atoms with E-state index >= 15 is 0 Å². The number of carbonyl (C=O) groups excluding carboxylic acids is 2. The molecule has 2 nitrogen and oxygen atoms in total. The molecule has 18 heavy (non-hydrogen) atoms. The number of Topliss-reactive ketones (excluding diaryl/α,β-unsaturated/α-hetero) is 2. The van der Waals surface area contributed by atoms with Gasteiger partial charge < -0.3 is 0 Å². The van der Waals surface area contributed by atoms with Gasteiger partial charge in [0, 0.05) is 11.5 Å². The summed E-state index contributed by atoms with van der Waals surface area (Å²) in [6, 6.07) is 7.71. The summed E-state index contributed by atoms with van der Waals surface area (Å²) in [6.07, 6.45) is 3.11. The van der Waals surface area contributed by atoms with Crippen LogP contribution in [0.15, 0.2) is 24.3 Å². The Hall–Kier alpha value is -1.44. The van der Waals surface area contributed by atoms with Crippen molar-refractivity contribution in [3.8, 4) is 0 Å². The third-order valence-corrected chi connectivity index (χ3v) is 3.78. The Kier molecular flexibility index (Phi) is 3.95. The second-order valence-corrected chi connectivity index (χ2v) is 5.27. The van der Waals surface area contributed by atoms with Gasteiger partial charge in [-0.15, -0.1) is 0 Å². The molecular formula is C16H20O2. The van der Waals surface area contributed by atoms with Crippen molar-refractivity contribution in [1.82, 2.24) is 0 Å². The lowest BCUT2D eigenvalue weighted by Gasteiger charge is -2.09. The first-order valence-electron chi connectivity index (χ1n) is 6.77. The highest BCUT2D eigenvalue weighted by Gasteiger charge is 2.30. The Labute approximate surface area is 108 Å². The zero-order chi connectivity index (χ0) is 13.1. The predicted octanol–water partition coefficient (Wildman–Crippen LogP) is 3.75. The number of ketones is 2. The van der Waals surface area contributed by atoms with E-state index in [9.17, 15) is 9.59 Å². The number of benzene rings is 1. The molecular weight excluding hydrogens is 224 g/mol. The maximum absolute atomic E-state index is 11.9. The Morgan fingerprint density at radius 2 is 1.83 bits per heavy atom. The zero-order valence-corrected chi connectivity index (χ0v) is 11.1. The highest BCUT2D eigenvalue weighted by Crippen LogP contribution is 2.31. The molecule has 2 heteroatoms. The molecule has 1 aromatic rings. The van der Waals surface area contributed by atoms with Crippen LogP contribution in [0, 0.1) is 5.92 Å². The molecule has 0 radical (unpaired) electrons. The van der Waals surface area contributed by atoms with Gasteiger partial charge in [-0.05, 0) is 30.7 Å². The lowest BCUT2D eigenvalue weighted by molar-refractivity contribution is -0.119. The average Bonchev–Trinajstić information content (AvgIpc) is 3.22. The molecule has 0 spiro atoms. The van der Waals surface area contributed by atoms with Gasteiger partial charge in [-0.3, -0.25) is 9.59 Å². The van der Waals surface area contributed by atoms with E-state index in [0.717, 1.165) is 19.3 Å². The van der Waals surface area contributed by atoms with E-state index in [0.29, 0.717) is 11.5 Å². The quantitative estimate of drug-likeness (QED) is 0.564. The van der Waals surface area contributed by atoms with Gasteiger partial charge in [0.05, 0.1) is 6.42 Å². The van der Waals surface area contributed by atoms with Crippen LogP contribution in [0.5, 0.6) is 0 Å². The topological polar surface area (TPSA) is 34.1 Å². The van der Waals surface area contributed by atoms with E-state index < -0.39 is 0 Å². The summed E-state index contributed by atoms with van der Waals surface area (Å²) < 4.78 is 0. The van der Waals surface area contributed by atoms with Crippen molar-refractivity contribution < 1.29 is 9.59 Å². The molecule has 0 bridgehead atoms. The average molecular weight is 244 g/mol. The lowest BCUT2D eigenvalue weighted by Crippen LogP contribution is -2.09. The van der Waals surface area contributed by atoms with Crippen molar-refractivity contribution in [3.63, 3.8) is 0 Å². The molecule has 1 unspecified atom stereocenters. The number of hydrogen-bond acceptors (Lipinski definition) is 2. The van der Waals surface area contributed by atoms with Crippen molar-refractivity contribution in [2.24, 2.45) is 5.92 Å². The van der Waals surface area contributed by atoms with E-state index in [1.165, 1.54) is 5.56 Å². The highest BCUT2D eigenvalue weighted by molar-refractivity contribution is 6.09. The lowest BCUT2D eigenvalue weighted by atomic mass is 9.96. The van der Waals surface area contributed by atoms with Gasteiger partial charge in [-0.2, -0.15) is 0 Å². The third kappa shape index (κ3) is 3.06. The summed E-state index contributed by atoms with van der Waals surface area (Å²) in [5, 5.41) is 0. The van der Waals surface area contributed by atoms with Crippen molar-refractivity contribution in [2.45, 2.75) is 45.4 Å². The van der Waals surface area contributed by atoms with Crippen LogP contribution in [0.3, 0.4) is 0 Å². The Bertz CT molecular complexity index is 441. The molecule has 1 aromatic carbocycles. The van der Waals surface area contributed by atoms with Crippen LogP contribution in [0.4, 0.5) is 0 Å². The molecule has 0 saturated heterocycles. The largest absolute Gasteiger partial charge is 0.299 e. The van der Waals surface area contributed by atoms with Crippen molar-refractivity contribution in [1.29, 1.82) is 0 Å². The molecule has 1 atom stereocenters. The van der Waals surface area contributed by atoms with Gasteiger partial charge in [-0.1, -0.05) is 38.1 Å². The van der Waals surface area contributed by atoms with E-state index in [2.05, 4.69) is 13.8 Å². The molecule has 0 aromatic heterocycles. The van der Waals surface area contributed by atoms with E-state index in [1.54, 1.807) is 0 Å². The van der Waals surface area contributed by atoms with Gasteiger partial charge in [0.15, 0.2) is 5.78 Å². The Morgan fingerprint density at radius 1 is 1.22 bits per heavy atom. The van der Waals surface area contributed by atoms with Crippen molar-refractivity contribution >= 4 is 11.6 Å². The van der Waals surface area contributed by atoms with E-state index in [1.807, 2.05) is 24.3 Å². The first kappa shape index (κ1) is 13.0. The molecule has 1 saturated carbocycles. The molecule has 1 aliphatic rings. The fraction of sp³-hybridized carbons (Fsp3) is 0.500. The molecule has 1 aliphatic carbocycles. The number of hydrogen-bond donors (Lipinski definition) is 0. The van der Waals surface area contributed by atoms with Crippen LogP contribution >= 0.6 is 0 Å². The molecule has 0 N–H and O–H groups in total. The molecule has 0 heterocycles. The standard InChI is InChI=1S/C16H20O2/c1-3-11(2)12-4-6-13(7-5-12)15(17)10-16(18)14-8-9-14/h4-7,11,14H,3,8-10H2,1-2H3. The second kappa shape index (κ2) is 5.47. The SMILES string of the molecule is CCC(C)c1ccc(C(=O)CC(=O)C2CC2)cc1. The van der Waals surface area contributed by atoms with Crippen molar-refractivity contribution in [2.75, 3.05) is 0 Å². The highest BCUT2D eigenvalue weighted by atomic mass is 16.1. The second-order valence-electron chi connectivity index (χ2n) is 5.27. The molecule has 2 rings (SSSR count). The smallest absolute Gasteiger partial charge is 0.170 e. The summed E-state index contributed by atoms with van der Waals surface area (Å²) in [5.41, 5.74) is 1.92. The Morgan fingerprint density at radius 3 is 2.33 bits per heavy atom. The van der Waals surface area contributed by atoms with Gasteiger partial charge in [0.2, 0.25) is 0 Å². The number of rotatable bonds is 6. The normalized spacial score (nSPS) is 16.3. The summed E-state index contributed by atoms with van der Waals surface area (Å²) >= 11 is 0. The summed E-state index contributed by atoms with van der Waals surface area (Å²) in [4.78, 5) is 23.5. The minimum atomic E-state index is -0.0393. The van der Waals surface area contributed by atoms with Gasteiger partial charge >= 0.3 is 0 Å². The zero-order valence-electron chi connectivity index (χ0n) is 11.1. The van der Waals surface area contributed by atoms with Crippen LogP contribution in [-0.2, 0) is 4.79 Å². The van der Waals surface area contributed by atoms with Crippen LogP contribution in [0.2, 0.25) is 0 Å². The molecule has 96 valence electrons. The summed E-state index contributed by atoms with van der Waals surface area (Å²) in [6.45, 7) is 4.32. The van der Waals surface area contributed by atoms with Crippen LogP contribution < -0.4 is 0 Å². The minimum Gasteiger partial charge on any atom is -0.299 e. The maximum atomic E-state index is 11.9. The molecule has 1 fully saturated rings. The van der Waals surface area contributed by atoms with E-state index in [-0.39, 0.29) is 23.9 Å². The summed E-state index contributed by atoms with van der Waals surface area (Å²) in [7, 11) is 0. The van der Waals surface area contributed by atoms with Crippen LogP contribution in [-0.4, -0.2) is 11.6 Å². The van der Waals surface area contributed by atoms with Gasteiger partial charge in [0.25, 0.3) is 0 Å². The fourth-order valence-electron chi connectivity index (χ4n) is 2.04. The molecule has 0 amide bonds. The number of carbonyl (C=O) groups is 2. The van der Waals surface area contributed by atoms with E-state index in [4.69, 9.17) is 0 Å². The van der Waals surface area contributed by atoms with Crippen molar-refractivity contribution in [3.05, 3.63) is 35.4 Å². The molecule has 0 aliphatic heterocycles. The predicted molar refractivity (Wildman–Crippen MR) is 71.8 cm³/mol. The van der Waals surface area contributed by atoms with Crippen LogP contribution in [0.25, 0.3) is 0 Å². The first-order chi connectivity index (χ1) is 8.61. The minimum absolute atomic E-state index is 0.0393. The summed E-state index contributed by atoms with van der Waals surface area (Å²) in [5.74, 6) is 0.768. The maximum Gasteiger partial charge on any atom is 0.170 e. The first-order valence-corrected chi connectivity index (χ1v) is 6.77.